The lowest BCUT2D eigenvalue weighted by Gasteiger charge is -2.17. The van der Waals surface area contributed by atoms with Crippen LogP contribution in [0.2, 0.25) is 0 Å². The topological polar surface area (TPSA) is 64.3 Å². The first kappa shape index (κ1) is 13.4. The maximum atomic E-state index is 13.7. The van der Waals surface area contributed by atoms with E-state index in [-0.39, 0.29) is 24.2 Å². The van der Waals surface area contributed by atoms with E-state index in [1.54, 1.807) is 12.1 Å². The highest BCUT2D eigenvalue weighted by Gasteiger charge is 2.15. The van der Waals surface area contributed by atoms with Crippen molar-refractivity contribution in [2.45, 2.75) is 19.4 Å². The number of hydrogen-bond donors (Lipinski definition) is 2. The lowest BCUT2D eigenvalue weighted by atomic mass is 10.1. The number of primary amides is 1. The number of ether oxygens (including phenoxy) is 1. The minimum Gasteiger partial charge on any atom is -0.496 e. The Bertz CT molecular complexity index is 396. The van der Waals surface area contributed by atoms with Crippen LogP contribution in [0.1, 0.15) is 24.9 Å². The average Bonchev–Trinajstić information content (AvgIpc) is 2.27. The molecule has 0 fully saturated rings. The standard InChI is InChI=1S/C12H17FN2O2/c1-8(15-7-6-11(14)16)12-9(13)4-3-5-10(12)17-2/h3-5,8,15H,6-7H2,1-2H3,(H2,14,16). The number of rotatable bonds is 6. The second-order valence-corrected chi connectivity index (χ2v) is 3.75. The summed E-state index contributed by atoms with van der Waals surface area (Å²) in [5, 5.41) is 3.02. The summed E-state index contributed by atoms with van der Waals surface area (Å²) in [7, 11) is 1.49. The number of amides is 1. The van der Waals surface area contributed by atoms with Crippen molar-refractivity contribution in [3.05, 3.63) is 29.6 Å². The predicted octanol–water partition coefficient (Wildman–Crippen LogP) is 1.36. The number of nitrogens with two attached hydrogens (primary N) is 1. The van der Waals surface area contributed by atoms with Crippen LogP contribution in [0, 0.1) is 5.82 Å². The highest BCUT2D eigenvalue weighted by Crippen LogP contribution is 2.27. The number of carbonyl (C=O) groups excluding carboxylic acids is 1. The van der Waals surface area contributed by atoms with Crippen LogP contribution in [0.5, 0.6) is 5.75 Å². The van der Waals surface area contributed by atoms with Crippen molar-refractivity contribution in [2.24, 2.45) is 5.73 Å². The summed E-state index contributed by atoms with van der Waals surface area (Å²) in [4.78, 5) is 10.6. The van der Waals surface area contributed by atoms with Crippen molar-refractivity contribution in [3.63, 3.8) is 0 Å². The largest absolute Gasteiger partial charge is 0.496 e. The molecule has 0 aliphatic carbocycles. The minimum absolute atomic E-state index is 0.223. The van der Waals surface area contributed by atoms with Crippen molar-refractivity contribution in [2.75, 3.05) is 13.7 Å². The van der Waals surface area contributed by atoms with Crippen LogP contribution in [-0.4, -0.2) is 19.6 Å². The summed E-state index contributed by atoms with van der Waals surface area (Å²) < 4.78 is 18.8. The van der Waals surface area contributed by atoms with E-state index in [2.05, 4.69) is 5.32 Å². The number of methoxy groups -OCH3 is 1. The van der Waals surface area contributed by atoms with E-state index in [1.807, 2.05) is 6.92 Å². The fourth-order valence-electron chi connectivity index (χ4n) is 1.63. The van der Waals surface area contributed by atoms with Gasteiger partial charge in [0.05, 0.1) is 7.11 Å². The molecule has 0 radical (unpaired) electrons. The molecule has 1 unspecified atom stereocenters. The van der Waals surface area contributed by atoms with Crippen LogP contribution < -0.4 is 15.8 Å². The smallest absolute Gasteiger partial charge is 0.218 e. The summed E-state index contributed by atoms with van der Waals surface area (Å²) in [6.07, 6.45) is 0.223. The van der Waals surface area contributed by atoms with E-state index in [1.165, 1.54) is 13.2 Å². The van der Waals surface area contributed by atoms with Gasteiger partial charge < -0.3 is 15.8 Å². The number of halogens is 1. The first-order chi connectivity index (χ1) is 8.06. The predicted molar refractivity (Wildman–Crippen MR) is 63.2 cm³/mol. The van der Waals surface area contributed by atoms with Gasteiger partial charge in [-0.2, -0.15) is 0 Å². The maximum absolute atomic E-state index is 13.7. The zero-order valence-corrected chi connectivity index (χ0v) is 10.00. The highest BCUT2D eigenvalue weighted by atomic mass is 19.1. The third-order valence-electron chi connectivity index (χ3n) is 2.49. The second kappa shape index (κ2) is 6.20. The Hall–Kier alpha value is -1.62. The number of nitrogens with one attached hydrogen (secondary N) is 1. The molecule has 0 heterocycles. The Morgan fingerprint density at radius 3 is 2.88 bits per heavy atom. The third kappa shape index (κ3) is 3.71. The Kier molecular flexibility index (Phi) is 4.90. The van der Waals surface area contributed by atoms with Crippen molar-refractivity contribution in [1.29, 1.82) is 0 Å². The van der Waals surface area contributed by atoms with Gasteiger partial charge in [0.25, 0.3) is 0 Å². The van der Waals surface area contributed by atoms with Crippen LogP contribution in [0.15, 0.2) is 18.2 Å². The Morgan fingerprint density at radius 1 is 1.59 bits per heavy atom. The average molecular weight is 240 g/mol. The molecule has 1 rings (SSSR count). The van der Waals surface area contributed by atoms with E-state index >= 15 is 0 Å². The van der Waals surface area contributed by atoms with Gasteiger partial charge in [0.15, 0.2) is 0 Å². The van der Waals surface area contributed by atoms with Gasteiger partial charge in [-0.1, -0.05) is 6.07 Å². The summed E-state index contributed by atoms with van der Waals surface area (Å²) >= 11 is 0. The molecule has 4 nitrogen and oxygen atoms in total. The molecule has 0 bridgehead atoms. The molecule has 0 spiro atoms. The maximum Gasteiger partial charge on any atom is 0.218 e. The highest BCUT2D eigenvalue weighted by molar-refractivity contribution is 5.73. The fourth-order valence-corrected chi connectivity index (χ4v) is 1.63. The zero-order valence-electron chi connectivity index (χ0n) is 10.00. The summed E-state index contributed by atoms with van der Waals surface area (Å²) in [6.45, 7) is 2.22. The molecule has 1 aromatic carbocycles. The van der Waals surface area contributed by atoms with Gasteiger partial charge in [0.2, 0.25) is 5.91 Å². The van der Waals surface area contributed by atoms with Gasteiger partial charge in [-0.25, -0.2) is 4.39 Å². The molecule has 5 heteroatoms. The molecular formula is C12H17FN2O2. The van der Waals surface area contributed by atoms with Crippen molar-refractivity contribution >= 4 is 5.91 Å². The number of benzene rings is 1. The fraction of sp³-hybridized carbons (Fsp3) is 0.417. The minimum atomic E-state index is -0.384. The Labute approximate surface area is 100.0 Å². The van der Waals surface area contributed by atoms with Gasteiger partial charge in [-0.3, -0.25) is 4.79 Å². The van der Waals surface area contributed by atoms with Crippen molar-refractivity contribution in [3.8, 4) is 5.75 Å². The molecule has 0 aromatic heterocycles. The molecule has 0 aliphatic rings. The number of carbonyl (C=O) groups is 1. The van der Waals surface area contributed by atoms with Gasteiger partial charge in [0.1, 0.15) is 11.6 Å². The van der Waals surface area contributed by atoms with E-state index in [4.69, 9.17) is 10.5 Å². The van der Waals surface area contributed by atoms with Crippen molar-refractivity contribution < 1.29 is 13.9 Å². The first-order valence-electron chi connectivity index (χ1n) is 5.40. The van der Waals surface area contributed by atoms with Crippen LogP contribution in [0.4, 0.5) is 4.39 Å². The van der Waals surface area contributed by atoms with Crippen LogP contribution in [0.25, 0.3) is 0 Å². The zero-order chi connectivity index (χ0) is 12.8. The van der Waals surface area contributed by atoms with Crippen LogP contribution in [0.3, 0.4) is 0 Å². The molecule has 0 saturated heterocycles. The number of hydrogen-bond acceptors (Lipinski definition) is 3. The SMILES string of the molecule is COc1cccc(F)c1C(C)NCCC(N)=O. The van der Waals surface area contributed by atoms with Gasteiger partial charge >= 0.3 is 0 Å². The third-order valence-corrected chi connectivity index (χ3v) is 2.49. The van der Waals surface area contributed by atoms with E-state index in [0.29, 0.717) is 17.9 Å². The Balaban J connectivity index is 2.73. The van der Waals surface area contributed by atoms with Crippen LogP contribution >= 0.6 is 0 Å². The van der Waals surface area contributed by atoms with E-state index in [0.717, 1.165) is 0 Å². The van der Waals surface area contributed by atoms with Crippen LogP contribution in [-0.2, 0) is 4.79 Å². The molecule has 94 valence electrons. The van der Waals surface area contributed by atoms with Gasteiger partial charge in [-0.05, 0) is 19.1 Å². The first-order valence-corrected chi connectivity index (χ1v) is 5.40. The molecule has 1 atom stereocenters. The summed E-state index contributed by atoms with van der Waals surface area (Å²) in [6, 6.07) is 4.42. The lowest BCUT2D eigenvalue weighted by Crippen LogP contribution is -2.25. The normalized spacial score (nSPS) is 12.2. The van der Waals surface area contributed by atoms with Gasteiger partial charge in [0, 0.05) is 24.6 Å². The quantitative estimate of drug-likeness (QED) is 0.789. The Morgan fingerprint density at radius 2 is 2.29 bits per heavy atom. The molecule has 0 saturated carbocycles. The molecular weight excluding hydrogens is 223 g/mol. The lowest BCUT2D eigenvalue weighted by molar-refractivity contribution is -0.117. The summed E-state index contributed by atoms with van der Waals surface area (Å²) in [5.74, 6) is -0.224. The van der Waals surface area contributed by atoms with E-state index in [9.17, 15) is 9.18 Å². The second-order valence-electron chi connectivity index (χ2n) is 3.75. The van der Waals surface area contributed by atoms with Crippen molar-refractivity contribution in [1.82, 2.24) is 5.32 Å². The monoisotopic (exact) mass is 240 g/mol. The summed E-state index contributed by atoms with van der Waals surface area (Å²) in [5.41, 5.74) is 5.48. The van der Waals surface area contributed by atoms with Gasteiger partial charge in [-0.15, -0.1) is 0 Å². The molecule has 0 aliphatic heterocycles. The molecule has 1 amide bonds. The molecule has 1 aromatic rings. The molecule has 3 N–H and O–H groups in total. The van der Waals surface area contributed by atoms with E-state index < -0.39 is 0 Å². The molecule has 17 heavy (non-hydrogen) atoms.